The molecule has 0 aliphatic carbocycles. The second-order valence-corrected chi connectivity index (χ2v) is 9.38. The van der Waals surface area contributed by atoms with Crippen LogP contribution in [0.5, 0.6) is 11.5 Å². The number of allylic oxidation sites excluding steroid dienone is 1. The fourth-order valence-corrected chi connectivity index (χ4v) is 5.17. The zero-order chi connectivity index (χ0) is 23.5. The molecule has 2 aliphatic rings. The highest BCUT2D eigenvalue weighted by Gasteiger charge is 2.29. The molecule has 1 fully saturated rings. The van der Waals surface area contributed by atoms with Gasteiger partial charge in [-0.1, -0.05) is 32.9 Å². The van der Waals surface area contributed by atoms with E-state index in [9.17, 15) is 4.79 Å². The highest BCUT2D eigenvalue weighted by Crippen LogP contribution is 2.42. The Bertz CT molecular complexity index is 1040. The average Bonchev–Trinajstić information content (AvgIpc) is 3.11. The Morgan fingerprint density at radius 2 is 1.70 bits per heavy atom. The van der Waals surface area contributed by atoms with Crippen LogP contribution in [0, 0.1) is 11.8 Å². The number of ether oxygens (including phenoxy) is 2. The fraction of sp³-hybridized carbons (Fsp3) is 0.444. The van der Waals surface area contributed by atoms with Crippen LogP contribution in [0.2, 0.25) is 0 Å². The zero-order valence-electron chi connectivity index (χ0n) is 20.3. The molecule has 2 aromatic rings. The van der Waals surface area contributed by atoms with Crippen LogP contribution in [0.4, 0.5) is 11.4 Å². The number of amides is 1. The molecule has 2 atom stereocenters. The number of carbonyl (C=O) groups is 1. The molecule has 2 unspecified atom stereocenters. The van der Waals surface area contributed by atoms with Crippen molar-refractivity contribution in [3.63, 3.8) is 0 Å². The number of fused-ring (bicyclic) bond motifs is 1. The number of methoxy groups -OCH3 is 2. The van der Waals surface area contributed by atoms with Gasteiger partial charge in [0.15, 0.2) is 11.5 Å². The largest absolute Gasteiger partial charge is 0.493 e. The summed E-state index contributed by atoms with van der Waals surface area (Å²) in [4.78, 5) is 15.4. The highest BCUT2D eigenvalue weighted by molar-refractivity contribution is 6.32. The molecule has 0 radical (unpaired) electrons. The molecule has 1 saturated heterocycles. The van der Waals surface area contributed by atoms with Crippen molar-refractivity contribution in [2.75, 3.05) is 37.9 Å². The zero-order valence-corrected chi connectivity index (χ0v) is 20.3. The number of nitrogens with one attached hydrogen (secondary N) is 2. The second-order valence-electron chi connectivity index (χ2n) is 9.38. The maximum absolute atomic E-state index is 12.9. The molecule has 2 aliphatic heterocycles. The molecule has 0 aromatic heterocycles. The van der Waals surface area contributed by atoms with E-state index in [0.717, 1.165) is 41.0 Å². The van der Waals surface area contributed by atoms with Crippen LogP contribution in [0.25, 0.3) is 5.57 Å². The Kier molecular flexibility index (Phi) is 6.94. The SMILES string of the molecule is CCC(Nc1ccc(CN2CC(C)CC(C)C2)cc1)=C1C(=O)Nc2cc(OC)c(OC)cc21. The van der Waals surface area contributed by atoms with E-state index in [1.165, 1.54) is 25.1 Å². The molecule has 2 heterocycles. The Morgan fingerprint density at radius 1 is 1.06 bits per heavy atom. The Hall–Kier alpha value is -2.99. The minimum atomic E-state index is -0.116. The van der Waals surface area contributed by atoms with Gasteiger partial charge in [0.25, 0.3) is 5.91 Å². The first-order chi connectivity index (χ1) is 15.9. The summed E-state index contributed by atoms with van der Waals surface area (Å²) >= 11 is 0. The van der Waals surface area contributed by atoms with E-state index < -0.39 is 0 Å². The smallest absolute Gasteiger partial charge is 0.258 e. The quantitative estimate of drug-likeness (QED) is 0.557. The Labute approximate surface area is 197 Å². The molecule has 176 valence electrons. The van der Waals surface area contributed by atoms with Gasteiger partial charge in [-0.3, -0.25) is 9.69 Å². The molecular formula is C27H35N3O3. The van der Waals surface area contributed by atoms with E-state index >= 15 is 0 Å². The van der Waals surface area contributed by atoms with E-state index in [1.807, 2.05) is 12.1 Å². The van der Waals surface area contributed by atoms with Crippen molar-refractivity contribution < 1.29 is 14.3 Å². The molecule has 0 bridgehead atoms. The van der Waals surface area contributed by atoms with E-state index in [1.54, 1.807) is 14.2 Å². The maximum atomic E-state index is 12.9. The first-order valence-corrected chi connectivity index (χ1v) is 11.8. The molecular weight excluding hydrogens is 414 g/mol. The lowest BCUT2D eigenvalue weighted by Crippen LogP contribution is -2.38. The van der Waals surface area contributed by atoms with Crippen LogP contribution in [0.1, 0.15) is 44.7 Å². The van der Waals surface area contributed by atoms with Crippen LogP contribution in [0.3, 0.4) is 0 Å². The fourth-order valence-electron chi connectivity index (χ4n) is 5.17. The van der Waals surface area contributed by atoms with E-state index in [2.05, 4.69) is 60.6 Å². The molecule has 2 aromatic carbocycles. The number of hydrogen-bond acceptors (Lipinski definition) is 5. The number of likely N-dealkylation sites (tertiary alicyclic amines) is 1. The van der Waals surface area contributed by atoms with Crippen molar-refractivity contribution in [3.05, 3.63) is 53.2 Å². The lowest BCUT2D eigenvalue weighted by molar-refractivity contribution is -0.110. The first kappa shape index (κ1) is 23.2. The molecule has 4 rings (SSSR count). The first-order valence-electron chi connectivity index (χ1n) is 11.8. The predicted molar refractivity (Wildman–Crippen MR) is 134 cm³/mol. The second kappa shape index (κ2) is 9.87. The Morgan fingerprint density at radius 3 is 2.30 bits per heavy atom. The normalized spacial score (nSPS) is 21.9. The van der Waals surface area contributed by atoms with Gasteiger partial charge in [-0.2, -0.15) is 0 Å². The van der Waals surface area contributed by atoms with Gasteiger partial charge in [0.05, 0.1) is 25.5 Å². The number of hydrogen-bond donors (Lipinski definition) is 2. The van der Waals surface area contributed by atoms with E-state index in [4.69, 9.17) is 9.47 Å². The Balaban J connectivity index is 1.54. The molecule has 0 spiro atoms. The highest BCUT2D eigenvalue weighted by atomic mass is 16.5. The summed E-state index contributed by atoms with van der Waals surface area (Å²) < 4.78 is 10.8. The number of rotatable bonds is 7. The molecule has 6 nitrogen and oxygen atoms in total. The van der Waals surface area contributed by atoms with Gasteiger partial charge in [0.2, 0.25) is 0 Å². The van der Waals surface area contributed by atoms with Gasteiger partial charge in [0.1, 0.15) is 0 Å². The van der Waals surface area contributed by atoms with Crippen LogP contribution in [-0.4, -0.2) is 38.1 Å². The van der Waals surface area contributed by atoms with Crippen molar-refractivity contribution in [1.29, 1.82) is 0 Å². The monoisotopic (exact) mass is 449 g/mol. The summed E-state index contributed by atoms with van der Waals surface area (Å²) in [5.74, 6) is 2.60. The minimum Gasteiger partial charge on any atom is -0.493 e. The number of nitrogens with zero attached hydrogens (tertiary/aromatic N) is 1. The summed E-state index contributed by atoms with van der Waals surface area (Å²) in [6.07, 6.45) is 2.02. The van der Waals surface area contributed by atoms with Crippen molar-refractivity contribution in [1.82, 2.24) is 4.90 Å². The van der Waals surface area contributed by atoms with Crippen LogP contribution in [0.15, 0.2) is 42.1 Å². The third kappa shape index (κ3) is 5.01. The van der Waals surface area contributed by atoms with Gasteiger partial charge in [-0.25, -0.2) is 0 Å². The van der Waals surface area contributed by atoms with Crippen molar-refractivity contribution in [2.45, 2.75) is 40.2 Å². The van der Waals surface area contributed by atoms with Crippen molar-refractivity contribution in [3.8, 4) is 11.5 Å². The molecule has 1 amide bonds. The van der Waals surface area contributed by atoms with Gasteiger partial charge in [0, 0.05) is 42.6 Å². The van der Waals surface area contributed by atoms with Gasteiger partial charge < -0.3 is 20.1 Å². The predicted octanol–water partition coefficient (Wildman–Crippen LogP) is 5.37. The number of anilines is 2. The lowest BCUT2D eigenvalue weighted by atomic mass is 9.91. The van der Waals surface area contributed by atoms with Crippen LogP contribution < -0.4 is 20.1 Å². The topological polar surface area (TPSA) is 62.8 Å². The summed E-state index contributed by atoms with van der Waals surface area (Å²) in [5.41, 5.74) is 5.38. The number of piperidine rings is 1. The number of benzene rings is 2. The van der Waals surface area contributed by atoms with Crippen molar-refractivity contribution in [2.24, 2.45) is 11.8 Å². The van der Waals surface area contributed by atoms with E-state index in [0.29, 0.717) is 23.5 Å². The third-order valence-electron chi connectivity index (χ3n) is 6.52. The molecule has 0 saturated carbocycles. The lowest BCUT2D eigenvalue weighted by Gasteiger charge is -2.35. The summed E-state index contributed by atoms with van der Waals surface area (Å²) in [7, 11) is 3.19. The molecule has 2 N–H and O–H groups in total. The van der Waals surface area contributed by atoms with Gasteiger partial charge >= 0.3 is 0 Å². The maximum Gasteiger partial charge on any atom is 0.258 e. The van der Waals surface area contributed by atoms with Crippen LogP contribution >= 0.6 is 0 Å². The summed E-state index contributed by atoms with van der Waals surface area (Å²) in [5, 5.41) is 6.44. The third-order valence-corrected chi connectivity index (χ3v) is 6.52. The summed E-state index contributed by atoms with van der Waals surface area (Å²) in [6, 6.07) is 12.2. The van der Waals surface area contributed by atoms with Crippen molar-refractivity contribution >= 4 is 22.9 Å². The summed E-state index contributed by atoms with van der Waals surface area (Å²) in [6.45, 7) is 10.1. The van der Waals surface area contributed by atoms with E-state index in [-0.39, 0.29) is 5.91 Å². The van der Waals surface area contributed by atoms with Gasteiger partial charge in [-0.15, -0.1) is 0 Å². The minimum absolute atomic E-state index is 0.116. The standard InChI is InChI=1S/C27H35N3O3/c1-6-22(26-21-12-24(32-4)25(33-5)13-23(21)29-27(26)31)28-20-9-7-19(8-10-20)16-30-14-17(2)11-18(3)15-30/h7-10,12-13,17-18,28H,6,11,14-16H2,1-5H3,(H,29,31). The number of carbonyl (C=O) groups excluding carboxylic acids is 1. The van der Waals surface area contributed by atoms with Gasteiger partial charge in [-0.05, 0) is 48.4 Å². The molecule has 33 heavy (non-hydrogen) atoms. The molecule has 6 heteroatoms. The average molecular weight is 450 g/mol. The van der Waals surface area contributed by atoms with Crippen LogP contribution in [-0.2, 0) is 11.3 Å².